The van der Waals surface area contributed by atoms with Gasteiger partial charge in [-0.2, -0.15) is 5.10 Å². The van der Waals surface area contributed by atoms with Crippen LogP contribution in [0.2, 0.25) is 0 Å². The van der Waals surface area contributed by atoms with Crippen molar-refractivity contribution in [1.29, 1.82) is 0 Å². The summed E-state index contributed by atoms with van der Waals surface area (Å²) in [5.74, 6) is 6.45. The minimum atomic E-state index is 0.129. The van der Waals surface area contributed by atoms with Crippen LogP contribution in [-0.4, -0.2) is 22.0 Å². The molecule has 5 nitrogen and oxygen atoms in total. The van der Waals surface area contributed by atoms with E-state index in [0.29, 0.717) is 5.92 Å². The molecule has 1 saturated carbocycles. The van der Waals surface area contributed by atoms with Crippen LogP contribution in [0.25, 0.3) is 0 Å². The van der Waals surface area contributed by atoms with Gasteiger partial charge in [0, 0.05) is 13.2 Å². The standard InChI is InChI=1S/C16H28N4O/c1-3-20-14(10-12(2)19-20)15(18-17)13-6-9-21-16(11-13)7-4-5-8-16/h10,13,15,18H,3-9,11,17H2,1-2H3. The Labute approximate surface area is 127 Å². The lowest BCUT2D eigenvalue weighted by Gasteiger charge is -2.41. The molecular weight excluding hydrogens is 264 g/mol. The van der Waals surface area contributed by atoms with E-state index in [2.05, 4.69) is 28.2 Å². The minimum absolute atomic E-state index is 0.129. The Hall–Kier alpha value is -0.910. The van der Waals surface area contributed by atoms with Crippen LogP contribution in [0, 0.1) is 12.8 Å². The fourth-order valence-corrected chi connectivity index (χ4v) is 4.25. The number of hydrogen-bond donors (Lipinski definition) is 2. The quantitative estimate of drug-likeness (QED) is 0.661. The molecule has 2 unspecified atom stereocenters. The average molecular weight is 292 g/mol. The van der Waals surface area contributed by atoms with Gasteiger partial charge in [0.25, 0.3) is 0 Å². The molecule has 21 heavy (non-hydrogen) atoms. The Bertz CT molecular complexity index is 479. The van der Waals surface area contributed by atoms with Gasteiger partial charge in [-0.3, -0.25) is 16.0 Å². The van der Waals surface area contributed by atoms with Crippen molar-refractivity contribution in [2.24, 2.45) is 11.8 Å². The van der Waals surface area contributed by atoms with E-state index in [4.69, 9.17) is 10.6 Å². The molecular formula is C16H28N4O. The van der Waals surface area contributed by atoms with Crippen molar-refractivity contribution >= 4 is 0 Å². The van der Waals surface area contributed by atoms with E-state index >= 15 is 0 Å². The second kappa shape index (κ2) is 6.07. The first kappa shape index (κ1) is 15.0. The van der Waals surface area contributed by atoms with Crippen LogP contribution in [0.1, 0.15) is 62.9 Å². The first-order valence-electron chi connectivity index (χ1n) is 8.32. The Kier molecular flexibility index (Phi) is 4.33. The third-order valence-corrected chi connectivity index (χ3v) is 5.25. The third kappa shape index (κ3) is 2.87. The number of aromatic nitrogens is 2. The summed E-state index contributed by atoms with van der Waals surface area (Å²) in [6.07, 6.45) is 7.24. The summed E-state index contributed by atoms with van der Waals surface area (Å²) in [5, 5.41) is 4.57. The summed E-state index contributed by atoms with van der Waals surface area (Å²) in [6.45, 7) is 5.93. The number of rotatable bonds is 4. The molecule has 0 amide bonds. The first-order valence-corrected chi connectivity index (χ1v) is 8.32. The molecule has 1 aliphatic carbocycles. The fourth-order valence-electron chi connectivity index (χ4n) is 4.25. The molecule has 1 saturated heterocycles. The summed E-state index contributed by atoms with van der Waals surface area (Å²) in [6, 6.07) is 2.35. The highest BCUT2D eigenvalue weighted by molar-refractivity contribution is 5.15. The highest BCUT2D eigenvalue weighted by atomic mass is 16.5. The molecule has 118 valence electrons. The number of nitrogens with one attached hydrogen (secondary N) is 1. The first-order chi connectivity index (χ1) is 10.2. The average Bonchev–Trinajstić information content (AvgIpc) is 3.07. The van der Waals surface area contributed by atoms with E-state index < -0.39 is 0 Å². The molecule has 1 aliphatic heterocycles. The Morgan fingerprint density at radius 3 is 2.95 bits per heavy atom. The van der Waals surface area contributed by atoms with Gasteiger partial charge in [-0.1, -0.05) is 12.8 Å². The lowest BCUT2D eigenvalue weighted by Crippen LogP contribution is -2.44. The third-order valence-electron chi connectivity index (χ3n) is 5.25. The Balaban J connectivity index is 1.82. The van der Waals surface area contributed by atoms with Crippen molar-refractivity contribution in [2.75, 3.05) is 6.61 Å². The highest BCUT2D eigenvalue weighted by Crippen LogP contribution is 2.45. The zero-order valence-corrected chi connectivity index (χ0v) is 13.3. The zero-order chi connectivity index (χ0) is 14.9. The molecule has 1 aromatic rings. The van der Waals surface area contributed by atoms with Crippen LogP contribution in [0.5, 0.6) is 0 Å². The molecule has 2 aliphatic rings. The lowest BCUT2D eigenvalue weighted by atomic mass is 9.80. The summed E-state index contributed by atoms with van der Waals surface area (Å²) in [5.41, 5.74) is 5.48. The van der Waals surface area contributed by atoms with Gasteiger partial charge in [0.1, 0.15) is 0 Å². The van der Waals surface area contributed by atoms with Crippen molar-refractivity contribution in [2.45, 2.75) is 70.6 Å². The molecule has 0 aromatic carbocycles. The van der Waals surface area contributed by atoms with Crippen molar-refractivity contribution in [3.05, 3.63) is 17.5 Å². The van der Waals surface area contributed by atoms with Crippen molar-refractivity contribution < 1.29 is 4.74 Å². The van der Waals surface area contributed by atoms with Crippen molar-refractivity contribution in [3.63, 3.8) is 0 Å². The molecule has 2 heterocycles. The van der Waals surface area contributed by atoms with E-state index in [0.717, 1.165) is 31.7 Å². The van der Waals surface area contributed by atoms with Crippen LogP contribution in [-0.2, 0) is 11.3 Å². The molecule has 0 bridgehead atoms. The van der Waals surface area contributed by atoms with Gasteiger partial charge in [0.15, 0.2) is 0 Å². The van der Waals surface area contributed by atoms with Crippen molar-refractivity contribution in [1.82, 2.24) is 15.2 Å². The van der Waals surface area contributed by atoms with Gasteiger partial charge in [0.05, 0.1) is 23.0 Å². The summed E-state index contributed by atoms with van der Waals surface area (Å²) < 4.78 is 8.24. The van der Waals surface area contributed by atoms with E-state index in [1.807, 2.05) is 6.92 Å². The molecule has 2 fully saturated rings. The zero-order valence-electron chi connectivity index (χ0n) is 13.3. The molecule has 1 spiro atoms. The van der Waals surface area contributed by atoms with Crippen LogP contribution in [0.4, 0.5) is 0 Å². The summed E-state index contributed by atoms with van der Waals surface area (Å²) >= 11 is 0. The van der Waals surface area contributed by atoms with E-state index in [1.165, 1.54) is 31.4 Å². The maximum atomic E-state index is 6.16. The van der Waals surface area contributed by atoms with Crippen LogP contribution in [0.3, 0.4) is 0 Å². The minimum Gasteiger partial charge on any atom is -0.375 e. The monoisotopic (exact) mass is 292 g/mol. The van der Waals surface area contributed by atoms with E-state index in [-0.39, 0.29) is 11.6 Å². The van der Waals surface area contributed by atoms with Crippen LogP contribution >= 0.6 is 0 Å². The molecule has 1 aromatic heterocycles. The number of nitrogens with two attached hydrogens (primary N) is 1. The van der Waals surface area contributed by atoms with Gasteiger partial charge in [-0.05, 0) is 51.5 Å². The lowest BCUT2D eigenvalue weighted by molar-refractivity contribution is -0.0986. The normalized spacial score (nSPS) is 26.3. The molecule has 2 atom stereocenters. The number of hydrazine groups is 1. The van der Waals surface area contributed by atoms with Gasteiger partial charge in [0.2, 0.25) is 0 Å². The van der Waals surface area contributed by atoms with Gasteiger partial charge < -0.3 is 4.74 Å². The number of hydrogen-bond acceptors (Lipinski definition) is 4. The maximum absolute atomic E-state index is 6.16. The fraction of sp³-hybridized carbons (Fsp3) is 0.812. The number of nitrogens with zero attached hydrogens (tertiary/aromatic N) is 2. The Morgan fingerprint density at radius 2 is 2.29 bits per heavy atom. The van der Waals surface area contributed by atoms with Gasteiger partial charge >= 0.3 is 0 Å². The Morgan fingerprint density at radius 1 is 1.52 bits per heavy atom. The topological polar surface area (TPSA) is 65.1 Å². The summed E-state index contributed by atoms with van der Waals surface area (Å²) in [4.78, 5) is 0. The SMILES string of the molecule is CCn1nc(C)cc1C(NN)C1CCOC2(CCCC2)C1. The molecule has 3 N–H and O–H groups in total. The van der Waals surface area contributed by atoms with E-state index in [1.54, 1.807) is 0 Å². The van der Waals surface area contributed by atoms with Crippen molar-refractivity contribution in [3.8, 4) is 0 Å². The number of aryl methyl sites for hydroxylation is 2. The van der Waals surface area contributed by atoms with Crippen LogP contribution < -0.4 is 11.3 Å². The van der Waals surface area contributed by atoms with Crippen LogP contribution in [0.15, 0.2) is 6.07 Å². The molecule has 0 radical (unpaired) electrons. The smallest absolute Gasteiger partial charge is 0.0686 e. The maximum Gasteiger partial charge on any atom is 0.0686 e. The molecule has 3 rings (SSSR count). The predicted molar refractivity (Wildman–Crippen MR) is 82.6 cm³/mol. The second-order valence-corrected chi connectivity index (χ2v) is 6.66. The van der Waals surface area contributed by atoms with E-state index in [9.17, 15) is 0 Å². The predicted octanol–water partition coefficient (Wildman–Crippen LogP) is 2.46. The number of ether oxygens (including phenoxy) is 1. The van der Waals surface area contributed by atoms with Gasteiger partial charge in [-0.25, -0.2) is 0 Å². The van der Waals surface area contributed by atoms with Gasteiger partial charge in [-0.15, -0.1) is 0 Å². The summed E-state index contributed by atoms with van der Waals surface area (Å²) in [7, 11) is 0. The largest absolute Gasteiger partial charge is 0.375 e. The second-order valence-electron chi connectivity index (χ2n) is 6.66. The highest BCUT2D eigenvalue weighted by Gasteiger charge is 2.42. The molecule has 5 heteroatoms.